The zero-order valence-electron chi connectivity index (χ0n) is 14.4. The van der Waals surface area contributed by atoms with Crippen molar-refractivity contribution in [2.75, 3.05) is 18.5 Å². The molecule has 1 heterocycles. The first-order chi connectivity index (χ1) is 12.7. The topological polar surface area (TPSA) is 47.6 Å². The molecule has 1 unspecified atom stereocenters. The van der Waals surface area contributed by atoms with Crippen molar-refractivity contribution in [2.24, 2.45) is 0 Å². The zero-order chi connectivity index (χ0) is 19.6. The Morgan fingerprint density at radius 1 is 1.15 bits per heavy atom. The predicted molar refractivity (Wildman–Crippen MR) is 95.5 cm³/mol. The number of amides is 1. The Labute approximate surface area is 159 Å². The standard InChI is InChI=1S/C19H17ClF3NO3/c1-11(12-2-4-13(5-3-12)19(21,22)23)8-18(25)24-15-10-17-16(9-14(15)20)26-6-7-27-17/h2-5,9-11H,6-8H2,1H3,(H,24,25). The van der Waals surface area contributed by atoms with Gasteiger partial charge in [0, 0.05) is 18.6 Å². The molecule has 1 atom stereocenters. The first-order valence-corrected chi connectivity index (χ1v) is 8.68. The molecule has 144 valence electrons. The van der Waals surface area contributed by atoms with Crippen LogP contribution in [0.5, 0.6) is 11.5 Å². The van der Waals surface area contributed by atoms with E-state index >= 15 is 0 Å². The van der Waals surface area contributed by atoms with E-state index in [-0.39, 0.29) is 18.2 Å². The van der Waals surface area contributed by atoms with Gasteiger partial charge in [0.05, 0.1) is 16.3 Å². The molecule has 8 heteroatoms. The third kappa shape index (κ3) is 4.66. The van der Waals surface area contributed by atoms with E-state index < -0.39 is 11.7 Å². The number of alkyl halides is 3. The van der Waals surface area contributed by atoms with Gasteiger partial charge in [-0.05, 0) is 23.6 Å². The monoisotopic (exact) mass is 399 g/mol. The normalized spacial score (nSPS) is 14.6. The summed E-state index contributed by atoms with van der Waals surface area (Å²) in [4.78, 5) is 12.3. The molecule has 0 radical (unpaired) electrons. The third-order valence-electron chi connectivity index (χ3n) is 4.20. The Morgan fingerprint density at radius 2 is 1.74 bits per heavy atom. The second-order valence-electron chi connectivity index (χ2n) is 6.25. The van der Waals surface area contributed by atoms with Crippen molar-refractivity contribution >= 4 is 23.2 Å². The van der Waals surface area contributed by atoms with Gasteiger partial charge >= 0.3 is 6.18 Å². The summed E-state index contributed by atoms with van der Waals surface area (Å²) in [7, 11) is 0. The fraction of sp³-hybridized carbons (Fsp3) is 0.316. The SMILES string of the molecule is CC(CC(=O)Nc1cc2c(cc1Cl)OCCO2)c1ccc(C(F)(F)F)cc1. The third-order valence-corrected chi connectivity index (χ3v) is 4.52. The molecule has 27 heavy (non-hydrogen) atoms. The van der Waals surface area contributed by atoms with Crippen LogP contribution in [0.3, 0.4) is 0 Å². The van der Waals surface area contributed by atoms with Gasteiger partial charge in [-0.1, -0.05) is 30.7 Å². The minimum atomic E-state index is -4.38. The molecule has 0 spiro atoms. The number of hydrogen-bond acceptors (Lipinski definition) is 3. The van der Waals surface area contributed by atoms with Crippen LogP contribution in [0, 0.1) is 0 Å². The molecule has 0 bridgehead atoms. The van der Waals surface area contributed by atoms with Crippen molar-refractivity contribution in [3.8, 4) is 11.5 Å². The van der Waals surface area contributed by atoms with E-state index in [1.165, 1.54) is 12.1 Å². The fourth-order valence-corrected chi connectivity index (χ4v) is 2.96. The van der Waals surface area contributed by atoms with Crippen molar-refractivity contribution in [3.05, 3.63) is 52.5 Å². The molecule has 3 rings (SSSR count). The number of hydrogen-bond donors (Lipinski definition) is 1. The number of carbonyl (C=O) groups is 1. The smallest absolute Gasteiger partial charge is 0.416 e. The van der Waals surface area contributed by atoms with E-state index in [9.17, 15) is 18.0 Å². The maximum atomic E-state index is 12.6. The van der Waals surface area contributed by atoms with Gasteiger partial charge < -0.3 is 14.8 Å². The number of carbonyl (C=O) groups excluding carboxylic acids is 1. The molecule has 0 saturated heterocycles. The van der Waals surface area contributed by atoms with Gasteiger partial charge in [-0.25, -0.2) is 0 Å². The molecule has 2 aromatic rings. The summed E-state index contributed by atoms with van der Waals surface area (Å²) >= 11 is 6.16. The summed E-state index contributed by atoms with van der Waals surface area (Å²) in [5.41, 5.74) is 0.322. The Bertz CT molecular complexity index is 837. The summed E-state index contributed by atoms with van der Waals surface area (Å²) in [6, 6.07) is 7.97. The van der Waals surface area contributed by atoms with E-state index in [0.717, 1.165) is 12.1 Å². The average Bonchev–Trinajstić information content (AvgIpc) is 2.61. The maximum absolute atomic E-state index is 12.6. The van der Waals surface area contributed by atoms with Crippen LogP contribution in [0.25, 0.3) is 0 Å². The summed E-state index contributed by atoms with van der Waals surface area (Å²) in [6.45, 7) is 2.61. The second kappa shape index (κ2) is 7.68. The number of benzene rings is 2. The molecule has 1 aliphatic rings. The number of rotatable bonds is 4. The van der Waals surface area contributed by atoms with Crippen LogP contribution in [-0.4, -0.2) is 19.1 Å². The van der Waals surface area contributed by atoms with Gasteiger partial charge in [0.1, 0.15) is 13.2 Å². The minimum absolute atomic E-state index is 0.0934. The molecule has 0 aromatic heterocycles. The fourth-order valence-electron chi connectivity index (χ4n) is 2.76. The lowest BCUT2D eigenvalue weighted by atomic mass is 9.96. The van der Waals surface area contributed by atoms with Crippen LogP contribution in [-0.2, 0) is 11.0 Å². The van der Waals surface area contributed by atoms with Crippen LogP contribution >= 0.6 is 11.6 Å². The van der Waals surface area contributed by atoms with E-state index in [1.54, 1.807) is 19.1 Å². The molecule has 4 nitrogen and oxygen atoms in total. The minimum Gasteiger partial charge on any atom is -0.486 e. The van der Waals surface area contributed by atoms with Crippen LogP contribution in [0.15, 0.2) is 36.4 Å². The largest absolute Gasteiger partial charge is 0.486 e. The highest BCUT2D eigenvalue weighted by molar-refractivity contribution is 6.34. The van der Waals surface area contributed by atoms with Crippen molar-refractivity contribution in [3.63, 3.8) is 0 Å². The quantitative estimate of drug-likeness (QED) is 0.762. The van der Waals surface area contributed by atoms with E-state index in [2.05, 4.69) is 5.32 Å². The van der Waals surface area contributed by atoms with Gasteiger partial charge in [0.25, 0.3) is 0 Å². The molecule has 0 saturated carbocycles. The Kier molecular flexibility index (Phi) is 5.51. The van der Waals surface area contributed by atoms with E-state index in [0.29, 0.717) is 41.0 Å². The van der Waals surface area contributed by atoms with Gasteiger partial charge in [-0.2, -0.15) is 13.2 Å². The summed E-state index contributed by atoms with van der Waals surface area (Å²) in [6.07, 6.45) is -4.29. The molecule has 1 amide bonds. The number of nitrogens with one attached hydrogen (secondary N) is 1. The summed E-state index contributed by atoms with van der Waals surface area (Å²) < 4.78 is 48.8. The van der Waals surface area contributed by atoms with Gasteiger partial charge in [0.15, 0.2) is 11.5 Å². The molecular formula is C19H17ClF3NO3. The van der Waals surface area contributed by atoms with Crippen molar-refractivity contribution in [1.29, 1.82) is 0 Å². The lowest BCUT2D eigenvalue weighted by Gasteiger charge is -2.20. The average molecular weight is 400 g/mol. The first-order valence-electron chi connectivity index (χ1n) is 8.30. The van der Waals surface area contributed by atoms with Crippen LogP contribution in [0.4, 0.5) is 18.9 Å². The Balaban J connectivity index is 1.65. The van der Waals surface area contributed by atoms with Crippen molar-refractivity contribution < 1.29 is 27.4 Å². The van der Waals surface area contributed by atoms with Gasteiger partial charge in [-0.15, -0.1) is 0 Å². The zero-order valence-corrected chi connectivity index (χ0v) is 15.2. The predicted octanol–water partition coefficient (Wildman–Crippen LogP) is 5.26. The first kappa shape index (κ1) is 19.4. The van der Waals surface area contributed by atoms with E-state index in [4.69, 9.17) is 21.1 Å². The molecule has 1 N–H and O–H groups in total. The lowest BCUT2D eigenvalue weighted by Crippen LogP contribution is -2.17. The molecular weight excluding hydrogens is 383 g/mol. The summed E-state index contributed by atoms with van der Waals surface area (Å²) in [5, 5.41) is 3.02. The number of fused-ring (bicyclic) bond motifs is 1. The second-order valence-corrected chi connectivity index (χ2v) is 6.66. The number of halogens is 4. The van der Waals surface area contributed by atoms with Crippen LogP contribution < -0.4 is 14.8 Å². The van der Waals surface area contributed by atoms with Crippen molar-refractivity contribution in [1.82, 2.24) is 0 Å². The number of anilines is 1. The van der Waals surface area contributed by atoms with Gasteiger partial charge in [0.2, 0.25) is 5.91 Å². The molecule has 0 fully saturated rings. The van der Waals surface area contributed by atoms with Gasteiger partial charge in [-0.3, -0.25) is 4.79 Å². The molecule has 0 aliphatic carbocycles. The van der Waals surface area contributed by atoms with Crippen LogP contribution in [0.1, 0.15) is 30.4 Å². The highest BCUT2D eigenvalue weighted by Crippen LogP contribution is 2.38. The Morgan fingerprint density at radius 3 is 2.33 bits per heavy atom. The van der Waals surface area contributed by atoms with Crippen LogP contribution in [0.2, 0.25) is 5.02 Å². The highest BCUT2D eigenvalue weighted by atomic mass is 35.5. The van der Waals surface area contributed by atoms with Crippen molar-refractivity contribution in [2.45, 2.75) is 25.4 Å². The molecule has 1 aliphatic heterocycles. The Hall–Kier alpha value is -2.41. The molecule has 2 aromatic carbocycles. The van der Waals surface area contributed by atoms with E-state index in [1.807, 2.05) is 0 Å². The highest BCUT2D eigenvalue weighted by Gasteiger charge is 2.30. The maximum Gasteiger partial charge on any atom is 0.416 e. The number of ether oxygens (including phenoxy) is 2. The lowest BCUT2D eigenvalue weighted by molar-refractivity contribution is -0.137. The summed E-state index contributed by atoms with van der Waals surface area (Å²) in [5.74, 6) is 0.448.